The lowest BCUT2D eigenvalue weighted by Gasteiger charge is -2.03. The summed E-state index contributed by atoms with van der Waals surface area (Å²) in [4.78, 5) is 16.2. The van der Waals surface area contributed by atoms with E-state index in [1.165, 1.54) is 0 Å². The lowest BCUT2D eigenvalue weighted by molar-refractivity contribution is -0.136. The average molecular weight is 184 g/mol. The van der Waals surface area contributed by atoms with Gasteiger partial charge in [-0.15, -0.1) is 0 Å². The summed E-state index contributed by atoms with van der Waals surface area (Å²) in [6, 6.07) is 0.439. The third-order valence-corrected chi connectivity index (χ3v) is 1.58. The minimum atomic E-state index is -0.912. The highest BCUT2D eigenvalue weighted by molar-refractivity contribution is 5.69. The molecule has 0 aliphatic rings. The Kier molecular flexibility index (Phi) is 2.55. The number of rotatable bonds is 3. The average Bonchev–Trinajstić information content (AvgIpc) is 2.31. The van der Waals surface area contributed by atoms with Crippen LogP contribution in [0.3, 0.4) is 0 Å². The van der Waals surface area contributed by atoms with Crippen molar-refractivity contribution in [2.45, 2.75) is 13.3 Å². The zero-order valence-electron chi connectivity index (χ0n) is 7.87. The molecule has 0 fully saturated rings. The van der Waals surface area contributed by atoms with Crippen LogP contribution in [0.15, 0.2) is 4.42 Å². The number of carbonyl (C=O) groups is 1. The van der Waals surface area contributed by atoms with Crippen LogP contribution < -0.4 is 4.90 Å². The van der Waals surface area contributed by atoms with Gasteiger partial charge in [0.05, 0.1) is 5.69 Å². The Labute approximate surface area is 76.0 Å². The molecule has 0 aliphatic heterocycles. The quantitative estimate of drug-likeness (QED) is 0.748. The fourth-order valence-corrected chi connectivity index (χ4v) is 0.905. The minimum absolute atomic E-state index is 0.118. The topological polar surface area (TPSA) is 66.6 Å². The second-order valence-corrected chi connectivity index (χ2v) is 2.97. The summed E-state index contributed by atoms with van der Waals surface area (Å²) in [6.45, 7) is 1.73. The van der Waals surface area contributed by atoms with Gasteiger partial charge in [0.25, 0.3) is 6.01 Å². The molecule has 5 heteroatoms. The predicted molar refractivity (Wildman–Crippen MR) is 46.9 cm³/mol. The number of anilines is 1. The van der Waals surface area contributed by atoms with Crippen LogP contribution in [-0.4, -0.2) is 30.2 Å². The first-order chi connectivity index (χ1) is 6.00. The number of carboxylic acid groups (broad SMARTS) is 1. The maximum atomic E-state index is 10.4. The molecular weight excluding hydrogens is 172 g/mol. The Morgan fingerprint density at radius 3 is 2.62 bits per heavy atom. The van der Waals surface area contributed by atoms with Gasteiger partial charge in [-0.3, -0.25) is 4.79 Å². The summed E-state index contributed by atoms with van der Waals surface area (Å²) in [5.41, 5.74) is 0.631. The van der Waals surface area contributed by atoms with E-state index >= 15 is 0 Å². The van der Waals surface area contributed by atoms with Crippen molar-refractivity contribution in [2.24, 2.45) is 0 Å². The fraction of sp³-hybridized carbons (Fsp3) is 0.500. The summed E-state index contributed by atoms with van der Waals surface area (Å²) >= 11 is 0. The highest BCUT2D eigenvalue weighted by Gasteiger charge is 2.13. The van der Waals surface area contributed by atoms with E-state index in [0.29, 0.717) is 17.5 Å². The van der Waals surface area contributed by atoms with Crippen molar-refractivity contribution in [1.82, 2.24) is 4.98 Å². The first kappa shape index (κ1) is 9.57. The largest absolute Gasteiger partial charge is 0.481 e. The van der Waals surface area contributed by atoms with Crippen LogP contribution in [0, 0.1) is 6.92 Å². The van der Waals surface area contributed by atoms with Crippen LogP contribution in [-0.2, 0) is 11.2 Å². The van der Waals surface area contributed by atoms with Crippen molar-refractivity contribution in [3.05, 3.63) is 11.5 Å². The summed E-state index contributed by atoms with van der Waals surface area (Å²) in [5.74, 6) is -0.499. The molecule has 5 nitrogen and oxygen atoms in total. The van der Waals surface area contributed by atoms with E-state index in [2.05, 4.69) is 4.98 Å². The predicted octanol–water partition coefficient (Wildman–Crippen LogP) is 0.676. The normalized spacial score (nSPS) is 10.1. The molecule has 1 heterocycles. The highest BCUT2D eigenvalue weighted by atomic mass is 16.4. The minimum Gasteiger partial charge on any atom is -0.481 e. The zero-order chi connectivity index (χ0) is 10.0. The van der Waals surface area contributed by atoms with Gasteiger partial charge in [-0.05, 0) is 6.92 Å². The van der Waals surface area contributed by atoms with E-state index in [-0.39, 0.29) is 6.42 Å². The molecule has 0 unspecified atom stereocenters. The van der Waals surface area contributed by atoms with E-state index in [4.69, 9.17) is 9.52 Å². The van der Waals surface area contributed by atoms with Gasteiger partial charge in [-0.2, -0.15) is 4.98 Å². The molecule has 0 aromatic carbocycles. The van der Waals surface area contributed by atoms with Gasteiger partial charge in [0.15, 0.2) is 0 Å². The molecular formula is C8H12N2O3. The van der Waals surface area contributed by atoms with Gasteiger partial charge >= 0.3 is 5.97 Å². The van der Waals surface area contributed by atoms with Gasteiger partial charge < -0.3 is 14.4 Å². The van der Waals surface area contributed by atoms with E-state index in [1.807, 2.05) is 0 Å². The maximum absolute atomic E-state index is 10.4. The standard InChI is InChI=1S/C8H12N2O3/c1-5-6(4-7(11)12)13-8(9-5)10(2)3/h4H2,1-3H3,(H,11,12). The van der Waals surface area contributed by atoms with Crippen molar-refractivity contribution in [1.29, 1.82) is 0 Å². The number of aromatic nitrogens is 1. The molecule has 0 bridgehead atoms. The number of hydrogen-bond acceptors (Lipinski definition) is 4. The molecule has 0 amide bonds. The Morgan fingerprint density at radius 1 is 1.62 bits per heavy atom. The smallest absolute Gasteiger partial charge is 0.311 e. The SMILES string of the molecule is Cc1nc(N(C)C)oc1CC(=O)O. The van der Waals surface area contributed by atoms with Gasteiger partial charge in [0, 0.05) is 14.1 Å². The van der Waals surface area contributed by atoms with Crippen molar-refractivity contribution >= 4 is 12.0 Å². The Bertz CT molecular complexity index is 317. The third kappa shape index (κ3) is 2.21. The summed E-state index contributed by atoms with van der Waals surface area (Å²) < 4.78 is 5.22. The summed E-state index contributed by atoms with van der Waals surface area (Å²) in [7, 11) is 3.58. The van der Waals surface area contributed by atoms with Crippen molar-refractivity contribution < 1.29 is 14.3 Å². The van der Waals surface area contributed by atoms with E-state index in [1.54, 1.807) is 25.9 Å². The fourth-order valence-electron chi connectivity index (χ4n) is 0.905. The number of aliphatic carboxylic acids is 1. The van der Waals surface area contributed by atoms with Crippen molar-refractivity contribution in [2.75, 3.05) is 19.0 Å². The molecule has 0 aliphatic carbocycles. The van der Waals surface area contributed by atoms with Crippen molar-refractivity contribution in [3.63, 3.8) is 0 Å². The molecule has 13 heavy (non-hydrogen) atoms. The number of nitrogens with zero attached hydrogens (tertiary/aromatic N) is 2. The lowest BCUT2D eigenvalue weighted by atomic mass is 10.3. The van der Waals surface area contributed by atoms with Crippen molar-refractivity contribution in [3.8, 4) is 0 Å². The van der Waals surface area contributed by atoms with Crippen LogP contribution in [0.25, 0.3) is 0 Å². The first-order valence-electron chi connectivity index (χ1n) is 3.86. The van der Waals surface area contributed by atoms with E-state index in [0.717, 1.165) is 0 Å². The second kappa shape index (κ2) is 3.47. The molecule has 1 rings (SSSR count). The van der Waals surface area contributed by atoms with Gasteiger partial charge in [0.1, 0.15) is 12.2 Å². The Balaban J connectivity index is 2.89. The number of carboxylic acids is 1. The van der Waals surface area contributed by atoms with E-state index < -0.39 is 5.97 Å². The van der Waals surface area contributed by atoms with Gasteiger partial charge in [0.2, 0.25) is 0 Å². The first-order valence-corrected chi connectivity index (χ1v) is 3.86. The molecule has 0 saturated heterocycles. The Hall–Kier alpha value is -1.52. The highest BCUT2D eigenvalue weighted by Crippen LogP contribution is 2.16. The second-order valence-electron chi connectivity index (χ2n) is 2.97. The third-order valence-electron chi connectivity index (χ3n) is 1.58. The Morgan fingerprint density at radius 2 is 2.23 bits per heavy atom. The number of hydrogen-bond donors (Lipinski definition) is 1. The van der Waals surface area contributed by atoms with Crippen LogP contribution in [0.1, 0.15) is 11.5 Å². The molecule has 72 valence electrons. The van der Waals surface area contributed by atoms with Gasteiger partial charge in [-0.25, -0.2) is 0 Å². The van der Waals surface area contributed by atoms with Crippen LogP contribution in [0.2, 0.25) is 0 Å². The summed E-state index contributed by atoms with van der Waals surface area (Å²) in [5, 5.41) is 8.54. The molecule has 0 spiro atoms. The van der Waals surface area contributed by atoms with Crippen LogP contribution >= 0.6 is 0 Å². The number of oxazole rings is 1. The maximum Gasteiger partial charge on any atom is 0.311 e. The molecule has 1 aromatic heterocycles. The monoisotopic (exact) mass is 184 g/mol. The molecule has 1 N–H and O–H groups in total. The van der Waals surface area contributed by atoms with Gasteiger partial charge in [-0.1, -0.05) is 0 Å². The molecule has 0 saturated carbocycles. The summed E-state index contributed by atoms with van der Waals surface area (Å²) in [6.07, 6.45) is -0.118. The van der Waals surface area contributed by atoms with Crippen LogP contribution in [0.5, 0.6) is 0 Å². The molecule has 0 atom stereocenters. The number of aryl methyl sites for hydroxylation is 1. The molecule has 1 aromatic rings. The zero-order valence-corrected chi connectivity index (χ0v) is 7.87. The van der Waals surface area contributed by atoms with Crippen LogP contribution in [0.4, 0.5) is 6.01 Å². The van der Waals surface area contributed by atoms with E-state index in [9.17, 15) is 4.79 Å². The lowest BCUT2D eigenvalue weighted by Crippen LogP contribution is -2.08. The molecule has 0 radical (unpaired) electrons.